The molecule has 2 aromatic carbocycles. The first-order valence-electron chi connectivity index (χ1n) is 8.79. The van der Waals surface area contributed by atoms with E-state index in [1.165, 1.54) is 25.3 Å². The third kappa shape index (κ3) is 2.49. The summed E-state index contributed by atoms with van der Waals surface area (Å²) in [6.07, 6.45) is 0. The van der Waals surface area contributed by atoms with Crippen LogP contribution < -0.4 is 0 Å². The molecule has 0 N–H and O–H groups in total. The summed E-state index contributed by atoms with van der Waals surface area (Å²) in [6.45, 7) is 5.80. The van der Waals surface area contributed by atoms with Crippen molar-refractivity contribution >= 4 is 39.1 Å². The number of hydrogen-bond donors (Lipinski definition) is 0. The molecule has 1 unspecified atom stereocenters. The van der Waals surface area contributed by atoms with Gasteiger partial charge in [0.05, 0.1) is 12.8 Å². The number of nitrogens with zero attached hydrogens (tertiary/aromatic N) is 2. The maximum atomic E-state index is 13.5. The minimum atomic E-state index is -4.02. The number of esters is 1. The summed E-state index contributed by atoms with van der Waals surface area (Å²) >= 11 is 6.06. The van der Waals surface area contributed by atoms with Crippen molar-refractivity contribution < 1.29 is 17.9 Å². The van der Waals surface area contributed by atoms with Crippen molar-refractivity contribution in [3.8, 4) is 0 Å². The number of hydrogen-bond acceptors (Lipinski definition) is 5. The molecule has 6 nitrogen and oxygen atoms in total. The molecular formula is C20H19ClN2O4S. The number of carbonyl (C=O) groups is 1. The smallest absolute Gasteiger partial charge is 0.330 e. The monoisotopic (exact) mass is 418 g/mol. The highest BCUT2D eigenvalue weighted by Gasteiger charge is 2.50. The number of fused-ring (bicyclic) bond motifs is 4. The van der Waals surface area contributed by atoms with Crippen LogP contribution in [0.3, 0.4) is 0 Å². The van der Waals surface area contributed by atoms with Gasteiger partial charge in [-0.3, -0.25) is 0 Å². The molecule has 0 amide bonds. The van der Waals surface area contributed by atoms with Crippen LogP contribution in [-0.4, -0.2) is 37.7 Å². The van der Waals surface area contributed by atoms with Crippen LogP contribution in [0.4, 0.5) is 5.69 Å². The van der Waals surface area contributed by atoms with Gasteiger partial charge in [0.25, 0.3) is 10.0 Å². The lowest BCUT2D eigenvalue weighted by molar-refractivity contribution is -0.145. The second kappa shape index (κ2) is 6.32. The van der Waals surface area contributed by atoms with Gasteiger partial charge < -0.3 is 4.74 Å². The Morgan fingerprint density at radius 1 is 1.21 bits per heavy atom. The van der Waals surface area contributed by atoms with Crippen LogP contribution in [0.5, 0.6) is 0 Å². The highest BCUT2D eigenvalue weighted by molar-refractivity contribution is 7.90. The normalized spacial score (nSPS) is 21.9. The fourth-order valence-electron chi connectivity index (χ4n) is 4.04. The number of benzene rings is 2. The largest absolute Gasteiger partial charge is 0.467 e. The summed E-state index contributed by atoms with van der Waals surface area (Å²) in [5.74, 6) is -0.793. The van der Waals surface area contributed by atoms with Gasteiger partial charge in [-0.1, -0.05) is 30.7 Å². The lowest BCUT2D eigenvalue weighted by atomic mass is 9.81. The van der Waals surface area contributed by atoms with E-state index in [1.807, 2.05) is 32.9 Å². The predicted octanol–water partition coefficient (Wildman–Crippen LogP) is 3.70. The highest BCUT2D eigenvalue weighted by atomic mass is 35.5. The second-order valence-corrected chi connectivity index (χ2v) is 9.29. The number of aryl methyl sites for hydroxylation is 1. The number of amidine groups is 1. The van der Waals surface area contributed by atoms with Crippen molar-refractivity contribution in [1.82, 2.24) is 4.31 Å². The molecule has 0 aliphatic carbocycles. The van der Waals surface area contributed by atoms with Crippen LogP contribution >= 0.6 is 11.6 Å². The van der Waals surface area contributed by atoms with E-state index >= 15 is 0 Å². The maximum absolute atomic E-state index is 13.5. The lowest BCUT2D eigenvalue weighted by Gasteiger charge is -2.42. The van der Waals surface area contributed by atoms with Crippen LogP contribution in [0, 0.1) is 13.8 Å². The van der Waals surface area contributed by atoms with Crippen molar-refractivity contribution in [3.63, 3.8) is 0 Å². The van der Waals surface area contributed by atoms with E-state index in [2.05, 4.69) is 4.99 Å². The first-order valence-corrected chi connectivity index (χ1v) is 10.6. The number of ether oxygens (including phenoxy) is 1. The topological polar surface area (TPSA) is 76.0 Å². The molecule has 0 bridgehead atoms. The van der Waals surface area contributed by atoms with E-state index in [4.69, 9.17) is 16.3 Å². The third-order valence-electron chi connectivity index (χ3n) is 5.54. The summed E-state index contributed by atoms with van der Waals surface area (Å²) in [6, 6.07) is 7.19. The van der Waals surface area contributed by atoms with Crippen LogP contribution in [0.25, 0.3) is 0 Å². The summed E-state index contributed by atoms with van der Waals surface area (Å²) in [5, 5.41) is 0.390. The Labute approximate surface area is 168 Å². The minimum Gasteiger partial charge on any atom is -0.467 e. The van der Waals surface area contributed by atoms with Gasteiger partial charge in [-0.05, 0) is 48.7 Å². The van der Waals surface area contributed by atoms with Crippen molar-refractivity contribution in [3.05, 3.63) is 57.6 Å². The number of aliphatic imine (C=N–C) groups is 1. The zero-order chi connectivity index (χ0) is 20.4. The molecular weight excluding hydrogens is 400 g/mol. The molecule has 0 fully saturated rings. The van der Waals surface area contributed by atoms with Crippen LogP contribution in [0.15, 0.2) is 40.2 Å². The van der Waals surface area contributed by atoms with Gasteiger partial charge in [0.15, 0.2) is 11.9 Å². The predicted molar refractivity (Wildman–Crippen MR) is 107 cm³/mol. The first kappa shape index (κ1) is 19.0. The number of methoxy groups -OCH3 is 1. The molecule has 2 atom stereocenters. The van der Waals surface area contributed by atoms with E-state index in [0.717, 1.165) is 21.0 Å². The third-order valence-corrected chi connectivity index (χ3v) is 7.60. The van der Waals surface area contributed by atoms with Crippen LogP contribution in [0.1, 0.15) is 35.1 Å². The quantitative estimate of drug-likeness (QED) is 0.662. The van der Waals surface area contributed by atoms with Crippen LogP contribution in [-0.2, 0) is 19.6 Å². The summed E-state index contributed by atoms with van der Waals surface area (Å²) in [5.41, 5.74) is 3.94. The Balaban J connectivity index is 2.11. The molecule has 2 aliphatic heterocycles. The van der Waals surface area contributed by atoms with Gasteiger partial charge in [-0.15, -0.1) is 0 Å². The van der Waals surface area contributed by atoms with Crippen molar-refractivity contribution in [2.75, 3.05) is 7.11 Å². The number of rotatable bonds is 1. The van der Waals surface area contributed by atoms with Crippen molar-refractivity contribution in [2.24, 2.45) is 4.99 Å². The lowest BCUT2D eigenvalue weighted by Crippen LogP contribution is -2.55. The van der Waals surface area contributed by atoms with Crippen molar-refractivity contribution in [2.45, 2.75) is 37.6 Å². The van der Waals surface area contributed by atoms with Gasteiger partial charge in [0, 0.05) is 16.5 Å². The Hall–Kier alpha value is -2.38. The molecule has 4 rings (SSSR count). The van der Waals surface area contributed by atoms with E-state index in [1.54, 1.807) is 0 Å². The Bertz CT molecular complexity index is 1160. The first-order chi connectivity index (χ1) is 13.2. The zero-order valence-electron chi connectivity index (χ0n) is 15.9. The summed E-state index contributed by atoms with van der Waals surface area (Å²) in [4.78, 5) is 17.3. The molecule has 28 heavy (non-hydrogen) atoms. The molecule has 2 aliphatic rings. The van der Waals surface area contributed by atoms with Gasteiger partial charge >= 0.3 is 5.97 Å². The van der Waals surface area contributed by atoms with Gasteiger partial charge in [-0.25, -0.2) is 22.5 Å². The van der Waals surface area contributed by atoms with Gasteiger partial charge in [-0.2, -0.15) is 0 Å². The number of halogens is 1. The molecule has 146 valence electrons. The molecule has 2 heterocycles. The fourth-order valence-corrected chi connectivity index (χ4v) is 5.96. The van der Waals surface area contributed by atoms with E-state index < -0.39 is 28.0 Å². The van der Waals surface area contributed by atoms with E-state index in [9.17, 15) is 13.2 Å². The summed E-state index contributed by atoms with van der Waals surface area (Å²) < 4.78 is 33.0. The molecule has 0 radical (unpaired) electrons. The average molecular weight is 419 g/mol. The number of sulfonamides is 1. The molecule has 2 aromatic rings. The standard InChI is InChI=1S/C20H19ClN2O4S/c1-10-5-7-14-17(11(10)2)12(3)18(20(24)27-4)23-19(14)22-15-9-13(21)6-8-16(15)28(23,25)26/h5-9,12,18H,1-4H3/t12?,18-/m0/s1. The zero-order valence-corrected chi connectivity index (χ0v) is 17.4. The van der Waals surface area contributed by atoms with Gasteiger partial charge in [0.2, 0.25) is 0 Å². The maximum Gasteiger partial charge on any atom is 0.330 e. The SMILES string of the molecule is COC(=O)[C@@H]1C(C)c2c(ccc(C)c2C)C2=Nc3cc(Cl)ccc3S(=O)(=O)N21. The Kier molecular flexibility index (Phi) is 4.28. The van der Waals surface area contributed by atoms with E-state index in [-0.39, 0.29) is 16.4 Å². The molecule has 0 aromatic heterocycles. The van der Waals surface area contributed by atoms with E-state index in [0.29, 0.717) is 10.6 Å². The second-order valence-electron chi connectivity index (χ2n) is 7.07. The highest BCUT2D eigenvalue weighted by Crippen LogP contribution is 2.44. The molecule has 0 spiro atoms. The summed E-state index contributed by atoms with van der Waals surface area (Å²) in [7, 11) is -2.76. The molecule has 0 saturated heterocycles. The van der Waals surface area contributed by atoms with Crippen LogP contribution in [0.2, 0.25) is 5.02 Å². The number of carbonyl (C=O) groups excluding carboxylic acids is 1. The van der Waals surface area contributed by atoms with Gasteiger partial charge in [0.1, 0.15) is 4.90 Å². The minimum absolute atomic E-state index is 0.0223. The average Bonchev–Trinajstić information content (AvgIpc) is 2.64. The Morgan fingerprint density at radius 3 is 2.61 bits per heavy atom. The Morgan fingerprint density at radius 2 is 1.93 bits per heavy atom. The van der Waals surface area contributed by atoms with Crippen molar-refractivity contribution in [1.29, 1.82) is 0 Å². The fraction of sp³-hybridized carbons (Fsp3) is 0.300. The molecule has 0 saturated carbocycles. The molecule has 8 heteroatoms.